The Morgan fingerprint density at radius 2 is 2.11 bits per heavy atom. The van der Waals surface area contributed by atoms with Crippen LogP contribution < -0.4 is 5.32 Å². The van der Waals surface area contributed by atoms with Crippen LogP contribution in [0.5, 0.6) is 0 Å². The first-order chi connectivity index (χ1) is 8.79. The minimum absolute atomic E-state index is 0.675. The average Bonchev–Trinajstić information content (AvgIpc) is 2.96. The van der Waals surface area contributed by atoms with Crippen LogP contribution in [0.3, 0.4) is 0 Å². The summed E-state index contributed by atoms with van der Waals surface area (Å²) >= 11 is 1.83. The maximum Gasteiger partial charge on any atom is 0.0943 e. The highest BCUT2D eigenvalue weighted by Crippen LogP contribution is 2.57. The molecule has 0 aliphatic heterocycles. The van der Waals surface area contributed by atoms with Crippen LogP contribution >= 0.6 is 11.3 Å². The van der Waals surface area contributed by atoms with Crippen molar-refractivity contribution >= 4 is 11.3 Å². The maximum atomic E-state index is 4.64. The number of fused-ring (bicyclic) bond motifs is 1. The van der Waals surface area contributed by atoms with E-state index in [0.29, 0.717) is 6.04 Å². The fourth-order valence-corrected chi connectivity index (χ4v) is 4.77. The number of thiazole rings is 1. The van der Waals surface area contributed by atoms with Crippen LogP contribution in [0.1, 0.15) is 43.3 Å². The van der Waals surface area contributed by atoms with Crippen molar-refractivity contribution in [1.82, 2.24) is 10.3 Å². The molecule has 0 aromatic carbocycles. The van der Waals surface area contributed by atoms with Crippen LogP contribution in [-0.2, 0) is 6.42 Å². The molecule has 0 spiro atoms. The molecule has 1 aromatic heterocycles. The number of nitrogens with one attached hydrogen (secondary N) is 1. The van der Waals surface area contributed by atoms with Gasteiger partial charge in [0.1, 0.15) is 0 Å². The lowest BCUT2D eigenvalue weighted by Gasteiger charge is -2.17. The number of hydrogen-bond donors (Lipinski definition) is 1. The first-order valence-electron chi connectivity index (χ1n) is 7.44. The Morgan fingerprint density at radius 3 is 2.67 bits per heavy atom. The predicted molar refractivity (Wildman–Crippen MR) is 77.0 cm³/mol. The van der Waals surface area contributed by atoms with Gasteiger partial charge in [-0.1, -0.05) is 19.8 Å². The number of aryl methyl sites for hydroxylation is 1. The van der Waals surface area contributed by atoms with E-state index in [1.807, 2.05) is 11.3 Å². The van der Waals surface area contributed by atoms with Crippen molar-refractivity contribution in [3.05, 3.63) is 16.1 Å². The van der Waals surface area contributed by atoms with Crippen molar-refractivity contribution in [2.45, 2.75) is 52.0 Å². The molecule has 2 fully saturated rings. The zero-order chi connectivity index (χ0) is 12.5. The van der Waals surface area contributed by atoms with Crippen LogP contribution in [0.2, 0.25) is 0 Å². The quantitative estimate of drug-likeness (QED) is 0.881. The van der Waals surface area contributed by atoms with Crippen LogP contribution in [0, 0.1) is 24.7 Å². The summed E-state index contributed by atoms with van der Waals surface area (Å²) in [6.07, 6.45) is 7.03. The lowest BCUT2D eigenvalue weighted by atomic mass is 10.0. The molecule has 18 heavy (non-hydrogen) atoms. The van der Waals surface area contributed by atoms with Gasteiger partial charge in [-0.05, 0) is 44.1 Å². The molecule has 2 nitrogen and oxygen atoms in total. The monoisotopic (exact) mass is 264 g/mol. The van der Waals surface area contributed by atoms with Gasteiger partial charge in [0.25, 0.3) is 0 Å². The standard InChI is InChI=1S/C15H24N2S/c1-3-16-13(8-14-17-10(2)9-18-14)15-11-6-4-5-7-12(11)15/h9,11-13,15-16H,3-8H2,1-2H3. The van der Waals surface area contributed by atoms with Gasteiger partial charge in [0.05, 0.1) is 5.01 Å². The summed E-state index contributed by atoms with van der Waals surface area (Å²) in [5.74, 6) is 3.00. The van der Waals surface area contributed by atoms with Gasteiger partial charge < -0.3 is 5.32 Å². The number of rotatable bonds is 5. The van der Waals surface area contributed by atoms with E-state index >= 15 is 0 Å². The van der Waals surface area contributed by atoms with Crippen LogP contribution in [-0.4, -0.2) is 17.6 Å². The Kier molecular flexibility index (Phi) is 3.71. The summed E-state index contributed by atoms with van der Waals surface area (Å²) in [6, 6.07) is 0.675. The molecular formula is C15H24N2S. The normalized spacial score (nSPS) is 32.0. The molecule has 3 unspecified atom stereocenters. The van der Waals surface area contributed by atoms with E-state index in [1.54, 1.807) is 0 Å². The fourth-order valence-electron chi connectivity index (χ4n) is 3.94. The number of hydrogen-bond acceptors (Lipinski definition) is 3. The van der Waals surface area contributed by atoms with Crippen molar-refractivity contribution in [3.63, 3.8) is 0 Å². The molecule has 3 rings (SSSR count). The van der Waals surface area contributed by atoms with E-state index in [-0.39, 0.29) is 0 Å². The summed E-state index contributed by atoms with van der Waals surface area (Å²) in [7, 11) is 0. The summed E-state index contributed by atoms with van der Waals surface area (Å²) in [5.41, 5.74) is 1.18. The van der Waals surface area contributed by atoms with Gasteiger partial charge in [0.2, 0.25) is 0 Å². The Balaban J connectivity index is 1.65. The van der Waals surface area contributed by atoms with Crippen LogP contribution in [0.4, 0.5) is 0 Å². The minimum atomic E-state index is 0.675. The second-order valence-corrected chi connectivity index (χ2v) is 6.88. The number of likely N-dealkylation sites (N-methyl/N-ethyl adjacent to an activating group) is 1. The van der Waals surface area contributed by atoms with Crippen LogP contribution in [0.15, 0.2) is 5.38 Å². The van der Waals surface area contributed by atoms with Crippen molar-refractivity contribution in [3.8, 4) is 0 Å². The predicted octanol–water partition coefficient (Wildman–Crippen LogP) is 3.41. The van der Waals surface area contributed by atoms with Crippen molar-refractivity contribution in [2.75, 3.05) is 6.54 Å². The van der Waals surface area contributed by atoms with Crippen LogP contribution in [0.25, 0.3) is 0 Å². The highest BCUT2D eigenvalue weighted by atomic mass is 32.1. The largest absolute Gasteiger partial charge is 0.314 e. The summed E-state index contributed by atoms with van der Waals surface area (Å²) < 4.78 is 0. The third-order valence-corrected chi connectivity index (χ3v) is 5.70. The van der Waals surface area contributed by atoms with Crippen molar-refractivity contribution < 1.29 is 0 Å². The first kappa shape index (κ1) is 12.6. The van der Waals surface area contributed by atoms with Gasteiger partial charge in [0, 0.05) is 23.5 Å². The zero-order valence-corrected chi connectivity index (χ0v) is 12.3. The molecule has 0 radical (unpaired) electrons. The molecule has 1 heterocycles. The average molecular weight is 264 g/mol. The molecule has 2 aliphatic carbocycles. The Hall–Kier alpha value is -0.410. The zero-order valence-electron chi connectivity index (χ0n) is 11.5. The summed E-state index contributed by atoms with van der Waals surface area (Å²) in [4.78, 5) is 4.64. The molecule has 3 heteroatoms. The third-order valence-electron chi connectivity index (χ3n) is 4.71. The SMILES string of the molecule is CCNC(Cc1nc(C)cs1)C1C2CCCCC21. The lowest BCUT2D eigenvalue weighted by molar-refractivity contribution is 0.437. The van der Waals surface area contributed by atoms with Gasteiger partial charge in [-0.15, -0.1) is 11.3 Å². The lowest BCUT2D eigenvalue weighted by Crippen LogP contribution is -2.34. The van der Waals surface area contributed by atoms with Gasteiger partial charge in [-0.25, -0.2) is 4.98 Å². The van der Waals surface area contributed by atoms with Gasteiger partial charge in [0.15, 0.2) is 0 Å². The van der Waals surface area contributed by atoms with Crippen molar-refractivity contribution in [2.24, 2.45) is 17.8 Å². The molecule has 3 atom stereocenters. The van der Waals surface area contributed by atoms with E-state index in [1.165, 1.54) is 36.4 Å². The first-order valence-corrected chi connectivity index (χ1v) is 8.32. The van der Waals surface area contributed by atoms with E-state index < -0.39 is 0 Å². The Labute approximate surface area is 114 Å². The maximum absolute atomic E-state index is 4.64. The van der Waals surface area contributed by atoms with Crippen molar-refractivity contribution in [1.29, 1.82) is 0 Å². The minimum Gasteiger partial charge on any atom is -0.314 e. The molecule has 1 aromatic rings. The number of nitrogens with zero attached hydrogens (tertiary/aromatic N) is 1. The van der Waals surface area contributed by atoms with Gasteiger partial charge in [-0.2, -0.15) is 0 Å². The fraction of sp³-hybridized carbons (Fsp3) is 0.800. The molecule has 0 bridgehead atoms. The third kappa shape index (κ3) is 2.48. The second-order valence-electron chi connectivity index (χ2n) is 5.94. The molecule has 0 saturated heterocycles. The Morgan fingerprint density at radius 1 is 1.39 bits per heavy atom. The Bertz CT molecular complexity index is 389. The van der Waals surface area contributed by atoms with E-state index in [9.17, 15) is 0 Å². The van der Waals surface area contributed by atoms with E-state index in [0.717, 1.165) is 30.7 Å². The van der Waals surface area contributed by atoms with E-state index in [4.69, 9.17) is 0 Å². The molecule has 100 valence electrons. The smallest absolute Gasteiger partial charge is 0.0943 e. The highest BCUT2D eigenvalue weighted by Gasteiger charge is 2.53. The topological polar surface area (TPSA) is 24.9 Å². The summed E-state index contributed by atoms with van der Waals surface area (Å²) in [6.45, 7) is 5.41. The molecular weight excluding hydrogens is 240 g/mol. The molecule has 2 aliphatic rings. The second kappa shape index (κ2) is 5.30. The highest BCUT2D eigenvalue weighted by molar-refractivity contribution is 7.09. The number of aromatic nitrogens is 1. The molecule has 0 amide bonds. The molecule has 1 N–H and O–H groups in total. The van der Waals surface area contributed by atoms with Gasteiger partial charge in [-0.3, -0.25) is 0 Å². The molecule has 2 saturated carbocycles. The van der Waals surface area contributed by atoms with Gasteiger partial charge >= 0.3 is 0 Å². The van der Waals surface area contributed by atoms with E-state index in [2.05, 4.69) is 29.5 Å². The summed E-state index contributed by atoms with van der Waals surface area (Å²) in [5, 5.41) is 7.23.